The van der Waals surface area contributed by atoms with E-state index in [2.05, 4.69) is 4.99 Å². The molecule has 0 unspecified atom stereocenters. The maximum absolute atomic E-state index is 13.8. The van der Waals surface area contributed by atoms with Crippen molar-refractivity contribution in [3.8, 4) is 17.2 Å². The summed E-state index contributed by atoms with van der Waals surface area (Å²) in [6.07, 6.45) is 1.78. The zero-order chi connectivity index (χ0) is 26.5. The average Bonchev–Trinajstić information content (AvgIpc) is 3.19. The second-order valence-electron chi connectivity index (χ2n) is 8.12. The van der Waals surface area contributed by atoms with Crippen molar-refractivity contribution in [1.82, 2.24) is 4.57 Å². The van der Waals surface area contributed by atoms with Crippen LogP contribution in [-0.4, -0.2) is 37.5 Å². The van der Waals surface area contributed by atoms with Gasteiger partial charge in [-0.1, -0.05) is 35.6 Å². The summed E-state index contributed by atoms with van der Waals surface area (Å²) in [7, 11) is 1.59. The van der Waals surface area contributed by atoms with Gasteiger partial charge < -0.3 is 18.9 Å². The molecule has 1 aromatic heterocycles. The van der Waals surface area contributed by atoms with E-state index < -0.39 is 12.0 Å². The first-order valence-electron chi connectivity index (χ1n) is 12.2. The number of esters is 1. The fraction of sp³-hybridized carbons (Fsp3) is 0.321. The van der Waals surface area contributed by atoms with Crippen molar-refractivity contribution in [1.29, 1.82) is 0 Å². The molecule has 0 fully saturated rings. The van der Waals surface area contributed by atoms with Gasteiger partial charge in [-0.3, -0.25) is 9.36 Å². The zero-order valence-electron chi connectivity index (χ0n) is 21.6. The van der Waals surface area contributed by atoms with E-state index in [0.29, 0.717) is 56.6 Å². The summed E-state index contributed by atoms with van der Waals surface area (Å²) < 4.78 is 24.4. The number of para-hydroxylation sites is 1. The number of carbonyl (C=O) groups excluding carboxylic acids is 1. The molecule has 2 aromatic carbocycles. The number of fused-ring (bicyclic) bond motifs is 1. The molecule has 3 aromatic rings. The number of thiazole rings is 1. The number of allylic oxidation sites excluding steroid dienone is 1. The SMILES string of the molecule is CCOC(=O)C1=C(C)N=c2s/c(=C\c3ccccc3OC)c(=O)n2[C@@H]1c1ccc(OCC)c(OCC)c1. The van der Waals surface area contributed by atoms with E-state index in [9.17, 15) is 9.59 Å². The van der Waals surface area contributed by atoms with E-state index in [-0.39, 0.29) is 12.2 Å². The number of hydrogen-bond acceptors (Lipinski definition) is 8. The molecule has 0 spiro atoms. The van der Waals surface area contributed by atoms with Crippen LogP contribution in [0.3, 0.4) is 0 Å². The fourth-order valence-corrected chi connectivity index (χ4v) is 5.31. The van der Waals surface area contributed by atoms with Gasteiger partial charge in [0.1, 0.15) is 5.75 Å². The maximum Gasteiger partial charge on any atom is 0.338 e. The highest BCUT2D eigenvalue weighted by molar-refractivity contribution is 7.07. The highest BCUT2D eigenvalue weighted by atomic mass is 32.1. The Morgan fingerprint density at radius 2 is 1.76 bits per heavy atom. The molecular formula is C28H30N2O6S. The predicted octanol–water partition coefficient (Wildman–Crippen LogP) is 3.60. The number of nitrogens with zero attached hydrogens (tertiary/aromatic N) is 2. The van der Waals surface area contributed by atoms with Gasteiger partial charge in [0, 0.05) is 5.56 Å². The number of hydrogen-bond donors (Lipinski definition) is 0. The van der Waals surface area contributed by atoms with Gasteiger partial charge in [-0.2, -0.15) is 0 Å². The largest absolute Gasteiger partial charge is 0.496 e. The number of methoxy groups -OCH3 is 1. The van der Waals surface area contributed by atoms with Crippen molar-refractivity contribution in [2.45, 2.75) is 33.7 Å². The molecule has 1 aliphatic rings. The van der Waals surface area contributed by atoms with Crippen LogP contribution in [0.5, 0.6) is 17.2 Å². The van der Waals surface area contributed by atoms with Gasteiger partial charge in [0.05, 0.1) is 48.8 Å². The Balaban J connectivity index is 1.96. The summed E-state index contributed by atoms with van der Waals surface area (Å²) >= 11 is 1.26. The number of benzene rings is 2. The first-order valence-corrected chi connectivity index (χ1v) is 13.0. The molecule has 0 N–H and O–H groups in total. The lowest BCUT2D eigenvalue weighted by molar-refractivity contribution is -0.139. The van der Waals surface area contributed by atoms with Crippen molar-refractivity contribution in [2.24, 2.45) is 4.99 Å². The minimum atomic E-state index is -0.745. The summed E-state index contributed by atoms with van der Waals surface area (Å²) in [6, 6.07) is 12.2. The quantitative estimate of drug-likeness (QED) is 0.399. The van der Waals surface area contributed by atoms with Crippen LogP contribution < -0.4 is 29.1 Å². The van der Waals surface area contributed by atoms with Crippen LogP contribution in [0.15, 0.2) is 63.5 Å². The van der Waals surface area contributed by atoms with Gasteiger partial charge in [0.2, 0.25) is 0 Å². The van der Waals surface area contributed by atoms with E-state index in [1.807, 2.05) is 50.2 Å². The summed E-state index contributed by atoms with van der Waals surface area (Å²) in [5.41, 5.74) is 2.01. The summed E-state index contributed by atoms with van der Waals surface area (Å²) in [6.45, 7) is 8.40. The molecule has 8 nitrogen and oxygen atoms in total. The van der Waals surface area contributed by atoms with Gasteiger partial charge in [-0.15, -0.1) is 0 Å². The Morgan fingerprint density at radius 3 is 2.46 bits per heavy atom. The van der Waals surface area contributed by atoms with Gasteiger partial charge in [-0.25, -0.2) is 9.79 Å². The molecule has 1 aliphatic heterocycles. The topological polar surface area (TPSA) is 88.4 Å². The van der Waals surface area contributed by atoms with Crippen molar-refractivity contribution in [3.05, 3.63) is 84.5 Å². The number of rotatable bonds is 9. The summed E-state index contributed by atoms with van der Waals surface area (Å²) in [5.74, 6) is 1.27. The lowest BCUT2D eigenvalue weighted by Gasteiger charge is -2.25. The van der Waals surface area contributed by atoms with Crippen LogP contribution in [0.2, 0.25) is 0 Å². The van der Waals surface area contributed by atoms with Crippen LogP contribution in [0.4, 0.5) is 0 Å². The van der Waals surface area contributed by atoms with Crippen LogP contribution in [0, 0.1) is 0 Å². The molecule has 0 bridgehead atoms. The van der Waals surface area contributed by atoms with Gasteiger partial charge in [-0.05, 0) is 57.5 Å². The first kappa shape index (κ1) is 26.2. The molecule has 2 heterocycles. The third-order valence-corrected chi connectivity index (χ3v) is 6.81. The number of ether oxygens (including phenoxy) is 4. The van der Waals surface area contributed by atoms with E-state index in [0.717, 1.165) is 5.56 Å². The first-order chi connectivity index (χ1) is 17.9. The minimum absolute atomic E-state index is 0.202. The Morgan fingerprint density at radius 1 is 1.03 bits per heavy atom. The highest BCUT2D eigenvalue weighted by Gasteiger charge is 2.34. The minimum Gasteiger partial charge on any atom is -0.496 e. The van der Waals surface area contributed by atoms with Gasteiger partial charge in [0.25, 0.3) is 5.56 Å². The van der Waals surface area contributed by atoms with Crippen molar-refractivity contribution in [2.75, 3.05) is 26.9 Å². The smallest absolute Gasteiger partial charge is 0.338 e. The van der Waals surface area contributed by atoms with E-state index in [1.165, 1.54) is 11.3 Å². The third-order valence-electron chi connectivity index (χ3n) is 5.83. The molecule has 0 radical (unpaired) electrons. The standard InChI is InChI=1S/C28H30N2O6S/c1-6-34-21-14-13-19(15-22(21)35-7-2)25-24(27(32)36-8-3)17(4)29-28-30(25)26(31)23(37-28)16-18-11-9-10-12-20(18)33-5/h9-16,25H,6-8H2,1-5H3/b23-16-/t25-/m1/s1. The molecule has 194 valence electrons. The van der Waals surface area contributed by atoms with E-state index in [1.54, 1.807) is 37.7 Å². The maximum atomic E-state index is 13.8. The number of aromatic nitrogens is 1. The van der Waals surface area contributed by atoms with Crippen LogP contribution in [0.1, 0.15) is 44.9 Å². The molecule has 1 atom stereocenters. The van der Waals surface area contributed by atoms with Crippen LogP contribution in [-0.2, 0) is 9.53 Å². The molecule has 37 heavy (non-hydrogen) atoms. The van der Waals surface area contributed by atoms with Crippen molar-refractivity contribution < 1.29 is 23.7 Å². The second kappa shape index (κ2) is 11.5. The molecule has 0 saturated heterocycles. The molecule has 0 amide bonds. The highest BCUT2D eigenvalue weighted by Crippen LogP contribution is 2.36. The van der Waals surface area contributed by atoms with Crippen molar-refractivity contribution >= 4 is 23.4 Å². The zero-order valence-corrected chi connectivity index (χ0v) is 22.4. The monoisotopic (exact) mass is 522 g/mol. The molecule has 9 heteroatoms. The van der Waals surface area contributed by atoms with Crippen LogP contribution in [0.25, 0.3) is 6.08 Å². The molecule has 0 saturated carbocycles. The Bertz CT molecular complexity index is 1520. The van der Waals surface area contributed by atoms with Crippen LogP contribution >= 0.6 is 11.3 Å². The average molecular weight is 523 g/mol. The lowest BCUT2D eigenvalue weighted by atomic mass is 9.95. The Labute approximate surface area is 219 Å². The normalized spacial score (nSPS) is 15.2. The van der Waals surface area contributed by atoms with Gasteiger partial charge >= 0.3 is 5.97 Å². The van der Waals surface area contributed by atoms with E-state index in [4.69, 9.17) is 18.9 Å². The third kappa shape index (κ3) is 5.17. The predicted molar refractivity (Wildman–Crippen MR) is 142 cm³/mol. The number of carbonyl (C=O) groups is 1. The molecular weight excluding hydrogens is 492 g/mol. The Hall–Kier alpha value is -3.85. The lowest BCUT2D eigenvalue weighted by Crippen LogP contribution is -2.40. The molecule has 0 aliphatic carbocycles. The summed E-state index contributed by atoms with van der Waals surface area (Å²) in [4.78, 5) is 32.1. The Kier molecular flexibility index (Phi) is 8.13. The summed E-state index contributed by atoms with van der Waals surface area (Å²) in [5, 5.41) is 0. The van der Waals surface area contributed by atoms with Crippen molar-refractivity contribution in [3.63, 3.8) is 0 Å². The fourth-order valence-electron chi connectivity index (χ4n) is 4.27. The van der Waals surface area contributed by atoms with Gasteiger partial charge in [0.15, 0.2) is 16.3 Å². The second-order valence-corrected chi connectivity index (χ2v) is 9.13. The van der Waals surface area contributed by atoms with E-state index >= 15 is 0 Å². The molecule has 4 rings (SSSR count).